The third kappa shape index (κ3) is 3.69. The molecule has 0 saturated heterocycles. The molecule has 18 heavy (non-hydrogen) atoms. The summed E-state index contributed by atoms with van der Waals surface area (Å²) in [6.45, 7) is 0.808. The van der Waals surface area contributed by atoms with Gasteiger partial charge in [0, 0.05) is 18.9 Å². The van der Waals surface area contributed by atoms with Gasteiger partial charge in [-0.15, -0.1) is 0 Å². The van der Waals surface area contributed by atoms with Crippen molar-refractivity contribution in [3.63, 3.8) is 0 Å². The van der Waals surface area contributed by atoms with Crippen LogP contribution < -0.4 is 5.32 Å². The molecule has 0 atom stereocenters. The molecule has 1 aromatic heterocycles. The lowest BCUT2D eigenvalue weighted by Crippen LogP contribution is -2.29. The van der Waals surface area contributed by atoms with E-state index in [1.54, 1.807) is 35.4 Å². The van der Waals surface area contributed by atoms with Gasteiger partial charge in [0.15, 0.2) is 0 Å². The Kier molecular flexibility index (Phi) is 4.06. The van der Waals surface area contributed by atoms with Gasteiger partial charge in [-0.1, -0.05) is 12.1 Å². The summed E-state index contributed by atoms with van der Waals surface area (Å²) in [6.07, 6.45) is 5.65. The summed E-state index contributed by atoms with van der Waals surface area (Å²) in [6, 6.07) is 6.28. The smallest absolute Gasteiger partial charge is 0.239 e. The second kappa shape index (κ2) is 5.95. The highest BCUT2D eigenvalue weighted by Gasteiger charge is 2.01. The molecule has 0 radical (unpaired) electrons. The molecule has 0 aliphatic carbocycles. The number of nitrogens with one attached hydrogen (secondary N) is 1. The molecule has 1 aromatic carbocycles. The van der Waals surface area contributed by atoms with Crippen molar-refractivity contribution in [3.8, 4) is 0 Å². The van der Waals surface area contributed by atoms with Gasteiger partial charge >= 0.3 is 0 Å². The average Bonchev–Trinajstić information content (AvgIpc) is 2.84. The van der Waals surface area contributed by atoms with E-state index in [1.165, 1.54) is 12.1 Å². The van der Waals surface area contributed by atoms with Crippen LogP contribution >= 0.6 is 0 Å². The molecule has 0 aliphatic heterocycles. The van der Waals surface area contributed by atoms with Crippen molar-refractivity contribution >= 4 is 5.91 Å². The largest absolute Gasteiger partial charge is 0.354 e. The summed E-state index contributed by atoms with van der Waals surface area (Å²) >= 11 is 0. The van der Waals surface area contributed by atoms with E-state index in [9.17, 15) is 9.18 Å². The second-order valence-corrected chi connectivity index (χ2v) is 3.96. The van der Waals surface area contributed by atoms with Gasteiger partial charge in [0.2, 0.25) is 5.91 Å². The summed E-state index contributed by atoms with van der Waals surface area (Å²) in [5.74, 6) is -0.307. The minimum atomic E-state index is -0.247. The fourth-order valence-electron chi connectivity index (χ4n) is 1.60. The Morgan fingerprint density at radius 3 is 2.78 bits per heavy atom. The number of aromatic nitrogens is 2. The molecule has 2 rings (SSSR count). The van der Waals surface area contributed by atoms with E-state index < -0.39 is 0 Å². The van der Waals surface area contributed by atoms with Crippen molar-refractivity contribution in [2.75, 3.05) is 6.54 Å². The van der Waals surface area contributed by atoms with Crippen LogP contribution in [0.3, 0.4) is 0 Å². The highest BCUT2D eigenvalue weighted by molar-refractivity contribution is 5.75. The summed E-state index contributed by atoms with van der Waals surface area (Å²) in [5.41, 5.74) is 0.999. The molecular formula is C13H14FN3O. The maximum Gasteiger partial charge on any atom is 0.239 e. The Hall–Kier alpha value is -2.17. The van der Waals surface area contributed by atoms with Crippen LogP contribution in [0.5, 0.6) is 0 Å². The van der Waals surface area contributed by atoms with E-state index in [-0.39, 0.29) is 18.3 Å². The van der Waals surface area contributed by atoms with Crippen molar-refractivity contribution in [2.24, 2.45) is 0 Å². The highest BCUT2D eigenvalue weighted by Crippen LogP contribution is 2.02. The molecule has 0 aliphatic rings. The molecule has 1 heterocycles. The molecule has 0 saturated carbocycles. The monoisotopic (exact) mass is 247 g/mol. The van der Waals surface area contributed by atoms with E-state index in [4.69, 9.17) is 0 Å². The number of imidazole rings is 1. The van der Waals surface area contributed by atoms with Crippen LogP contribution in [-0.4, -0.2) is 22.0 Å². The third-order valence-electron chi connectivity index (χ3n) is 2.53. The van der Waals surface area contributed by atoms with Crippen molar-refractivity contribution in [3.05, 3.63) is 54.4 Å². The number of nitrogens with zero attached hydrogens (tertiary/aromatic N) is 2. The normalized spacial score (nSPS) is 10.3. The summed E-state index contributed by atoms with van der Waals surface area (Å²) < 4.78 is 14.4. The molecule has 0 unspecified atom stereocenters. The van der Waals surface area contributed by atoms with E-state index in [0.717, 1.165) is 5.56 Å². The summed E-state index contributed by atoms with van der Waals surface area (Å²) in [7, 11) is 0. The van der Waals surface area contributed by atoms with Crippen LogP contribution in [0.1, 0.15) is 5.56 Å². The predicted molar refractivity (Wildman–Crippen MR) is 65.3 cm³/mol. The Morgan fingerprint density at radius 2 is 2.11 bits per heavy atom. The lowest BCUT2D eigenvalue weighted by molar-refractivity contribution is -0.121. The Morgan fingerprint density at radius 1 is 1.33 bits per heavy atom. The zero-order chi connectivity index (χ0) is 12.8. The molecule has 0 spiro atoms. The standard InChI is InChI=1S/C13H14FN3O/c14-12-3-1-11(2-4-12)5-6-16-13(18)9-17-8-7-15-10-17/h1-4,7-8,10H,5-6,9H2,(H,16,18). The van der Waals surface area contributed by atoms with Gasteiger partial charge in [-0.2, -0.15) is 0 Å². The number of halogens is 1. The SMILES string of the molecule is O=C(Cn1ccnc1)NCCc1ccc(F)cc1. The molecule has 1 amide bonds. The van der Waals surface area contributed by atoms with E-state index in [0.29, 0.717) is 13.0 Å². The quantitative estimate of drug-likeness (QED) is 0.867. The van der Waals surface area contributed by atoms with Crippen molar-refractivity contribution in [1.29, 1.82) is 0 Å². The zero-order valence-electron chi connectivity index (χ0n) is 9.84. The first-order chi connectivity index (χ1) is 8.74. The van der Waals surface area contributed by atoms with Gasteiger partial charge in [-0.3, -0.25) is 4.79 Å². The van der Waals surface area contributed by atoms with Crippen molar-refractivity contribution in [1.82, 2.24) is 14.9 Å². The number of benzene rings is 1. The molecule has 4 nitrogen and oxygen atoms in total. The van der Waals surface area contributed by atoms with Crippen molar-refractivity contribution in [2.45, 2.75) is 13.0 Å². The van der Waals surface area contributed by atoms with Crippen LogP contribution in [0.4, 0.5) is 4.39 Å². The molecule has 1 N–H and O–H groups in total. The molecule has 0 fully saturated rings. The average molecular weight is 247 g/mol. The van der Waals surface area contributed by atoms with E-state index in [1.807, 2.05) is 0 Å². The predicted octanol–water partition coefficient (Wildman–Crippen LogP) is 1.38. The highest BCUT2D eigenvalue weighted by atomic mass is 19.1. The first-order valence-electron chi connectivity index (χ1n) is 5.71. The van der Waals surface area contributed by atoms with Gasteiger partial charge in [-0.25, -0.2) is 9.37 Å². The van der Waals surface area contributed by atoms with Gasteiger partial charge in [0.05, 0.1) is 6.33 Å². The molecule has 2 aromatic rings. The van der Waals surface area contributed by atoms with E-state index >= 15 is 0 Å². The molecular weight excluding hydrogens is 233 g/mol. The number of rotatable bonds is 5. The Bertz CT molecular complexity index is 493. The lowest BCUT2D eigenvalue weighted by Gasteiger charge is -2.05. The fourth-order valence-corrected chi connectivity index (χ4v) is 1.60. The molecule has 5 heteroatoms. The Balaban J connectivity index is 1.72. The first kappa shape index (κ1) is 12.3. The van der Waals surface area contributed by atoms with Gasteiger partial charge in [0.1, 0.15) is 12.4 Å². The van der Waals surface area contributed by atoms with Crippen LogP contribution in [0, 0.1) is 5.82 Å². The first-order valence-corrected chi connectivity index (χ1v) is 5.71. The zero-order valence-corrected chi connectivity index (χ0v) is 9.84. The van der Waals surface area contributed by atoms with Crippen LogP contribution in [-0.2, 0) is 17.8 Å². The molecule has 94 valence electrons. The number of carbonyl (C=O) groups is 1. The molecule has 0 bridgehead atoms. The van der Waals surface area contributed by atoms with Crippen molar-refractivity contribution < 1.29 is 9.18 Å². The van der Waals surface area contributed by atoms with Gasteiger partial charge < -0.3 is 9.88 Å². The van der Waals surface area contributed by atoms with Gasteiger partial charge in [0.25, 0.3) is 0 Å². The van der Waals surface area contributed by atoms with Crippen LogP contribution in [0.15, 0.2) is 43.0 Å². The maximum absolute atomic E-state index is 12.7. The summed E-state index contributed by atoms with van der Waals surface area (Å²) in [4.78, 5) is 15.4. The fraction of sp³-hybridized carbons (Fsp3) is 0.231. The Labute approximate surface area is 104 Å². The van der Waals surface area contributed by atoms with E-state index in [2.05, 4.69) is 10.3 Å². The number of hydrogen-bond acceptors (Lipinski definition) is 2. The van der Waals surface area contributed by atoms with Crippen LogP contribution in [0.2, 0.25) is 0 Å². The summed E-state index contributed by atoms with van der Waals surface area (Å²) in [5, 5.41) is 2.80. The number of carbonyl (C=O) groups excluding carboxylic acids is 1. The number of hydrogen-bond donors (Lipinski definition) is 1. The minimum absolute atomic E-state index is 0.0601. The maximum atomic E-state index is 12.7. The van der Waals surface area contributed by atoms with Gasteiger partial charge in [-0.05, 0) is 24.1 Å². The van der Waals surface area contributed by atoms with Crippen LogP contribution in [0.25, 0.3) is 0 Å². The third-order valence-corrected chi connectivity index (χ3v) is 2.53. The second-order valence-electron chi connectivity index (χ2n) is 3.96. The topological polar surface area (TPSA) is 46.9 Å². The lowest BCUT2D eigenvalue weighted by atomic mass is 10.1. The minimum Gasteiger partial charge on any atom is -0.354 e. The number of amides is 1.